The SMILES string of the molecule is CN1CCN(C2C=CC(C(=O)Nc3ccc4nc(-c5ccccn5)[nH]c4c3)=CP2)CC1. The van der Waals surface area contributed by atoms with Crippen LogP contribution in [0.5, 0.6) is 0 Å². The molecular weight excluding hydrogens is 407 g/mol. The minimum Gasteiger partial charge on any atom is -0.337 e. The number of likely N-dealkylation sites (N-methyl/N-ethyl adjacent to an activating group) is 1. The number of piperazine rings is 1. The number of hydrogen-bond donors (Lipinski definition) is 2. The lowest BCUT2D eigenvalue weighted by atomic mass is 10.2. The standard InChI is InChI=1S/C23H25N6OP/c1-28-10-12-29(13-11-28)21-8-5-16(15-31-21)23(30)25-17-6-7-18-20(14-17)27-22(26-18)19-4-2-3-9-24-19/h2-9,14-15,21,31H,10-13H2,1H3,(H,25,30)(H,26,27). The molecular formula is C23H25N6OP. The van der Waals surface area contributed by atoms with Gasteiger partial charge in [0.15, 0.2) is 5.82 Å². The van der Waals surface area contributed by atoms with Crippen molar-refractivity contribution in [3.05, 3.63) is 66.1 Å². The molecule has 7 nitrogen and oxygen atoms in total. The number of pyridine rings is 1. The highest BCUT2D eigenvalue weighted by molar-refractivity contribution is 7.42. The van der Waals surface area contributed by atoms with Gasteiger partial charge in [0.25, 0.3) is 5.91 Å². The molecule has 2 unspecified atom stereocenters. The van der Waals surface area contributed by atoms with Crippen LogP contribution in [0.3, 0.4) is 0 Å². The quantitative estimate of drug-likeness (QED) is 0.619. The number of imidazole rings is 1. The van der Waals surface area contributed by atoms with Gasteiger partial charge < -0.3 is 15.2 Å². The van der Waals surface area contributed by atoms with Crippen molar-refractivity contribution in [1.29, 1.82) is 0 Å². The number of carbonyl (C=O) groups is 1. The van der Waals surface area contributed by atoms with Gasteiger partial charge in [0.1, 0.15) is 5.69 Å². The third-order valence-electron chi connectivity index (χ3n) is 5.71. The maximum absolute atomic E-state index is 12.8. The number of aromatic amines is 1. The zero-order valence-corrected chi connectivity index (χ0v) is 18.4. The number of benzene rings is 1. The number of hydrogen-bond acceptors (Lipinski definition) is 5. The number of rotatable bonds is 4. The minimum absolute atomic E-state index is 0.0793. The lowest BCUT2D eigenvalue weighted by Crippen LogP contribution is -2.47. The van der Waals surface area contributed by atoms with Crippen LogP contribution in [0.4, 0.5) is 5.69 Å². The van der Waals surface area contributed by atoms with Crippen molar-refractivity contribution in [2.24, 2.45) is 0 Å². The molecule has 2 aliphatic heterocycles. The summed E-state index contributed by atoms with van der Waals surface area (Å²) in [6.45, 7) is 4.37. The molecule has 2 atom stereocenters. The van der Waals surface area contributed by atoms with Gasteiger partial charge in [0.2, 0.25) is 0 Å². The average Bonchev–Trinajstić information content (AvgIpc) is 3.24. The van der Waals surface area contributed by atoms with Crippen molar-refractivity contribution in [3.8, 4) is 11.5 Å². The van der Waals surface area contributed by atoms with Crippen LogP contribution in [-0.4, -0.2) is 69.7 Å². The van der Waals surface area contributed by atoms with Gasteiger partial charge in [-0.25, -0.2) is 4.98 Å². The number of anilines is 1. The Morgan fingerprint density at radius 1 is 1.19 bits per heavy atom. The van der Waals surface area contributed by atoms with Gasteiger partial charge >= 0.3 is 0 Å². The molecule has 2 N–H and O–H groups in total. The van der Waals surface area contributed by atoms with Gasteiger partial charge in [-0.2, -0.15) is 0 Å². The van der Waals surface area contributed by atoms with E-state index in [1.165, 1.54) is 0 Å². The number of aromatic nitrogens is 3. The fraction of sp³-hybridized carbons (Fsp3) is 0.261. The predicted octanol–water partition coefficient (Wildman–Crippen LogP) is 3.27. The molecule has 1 amide bonds. The van der Waals surface area contributed by atoms with E-state index in [4.69, 9.17) is 0 Å². The Labute approximate surface area is 183 Å². The van der Waals surface area contributed by atoms with Gasteiger partial charge in [-0.1, -0.05) is 26.8 Å². The maximum Gasteiger partial charge on any atom is 0.255 e. The van der Waals surface area contributed by atoms with E-state index in [0.717, 1.165) is 54.2 Å². The van der Waals surface area contributed by atoms with E-state index in [2.05, 4.69) is 49.0 Å². The highest BCUT2D eigenvalue weighted by Gasteiger charge is 2.22. The van der Waals surface area contributed by atoms with Gasteiger partial charge in [-0.3, -0.25) is 14.7 Å². The highest BCUT2D eigenvalue weighted by atomic mass is 31.1. The van der Waals surface area contributed by atoms with E-state index in [9.17, 15) is 4.79 Å². The third-order valence-corrected chi connectivity index (χ3v) is 7.09. The Bertz CT molecular complexity index is 1150. The number of carbonyl (C=O) groups excluding carboxylic acids is 1. The second-order valence-electron chi connectivity index (χ2n) is 7.90. The summed E-state index contributed by atoms with van der Waals surface area (Å²) in [5.41, 5.74) is 3.96. The highest BCUT2D eigenvalue weighted by Crippen LogP contribution is 2.32. The summed E-state index contributed by atoms with van der Waals surface area (Å²) in [6.07, 6.45) is 5.88. The number of nitrogens with one attached hydrogen (secondary N) is 2. The monoisotopic (exact) mass is 432 g/mol. The predicted molar refractivity (Wildman–Crippen MR) is 126 cm³/mol. The largest absolute Gasteiger partial charge is 0.337 e. The van der Waals surface area contributed by atoms with Gasteiger partial charge in [0.05, 0.1) is 11.0 Å². The van der Waals surface area contributed by atoms with Crippen molar-refractivity contribution < 1.29 is 4.79 Å². The van der Waals surface area contributed by atoms with Gasteiger partial charge in [0, 0.05) is 49.4 Å². The molecule has 1 aromatic carbocycles. The van der Waals surface area contributed by atoms with Crippen LogP contribution in [-0.2, 0) is 4.79 Å². The smallest absolute Gasteiger partial charge is 0.255 e. The summed E-state index contributed by atoms with van der Waals surface area (Å²) in [5, 5.41) is 3.02. The van der Waals surface area contributed by atoms with E-state index in [1.54, 1.807) is 6.20 Å². The molecule has 31 heavy (non-hydrogen) atoms. The summed E-state index contributed by atoms with van der Waals surface area (Å²) >= 11 is 0. The van der Waals surface area contributed by atoms with Crippen LogP contribution >= 0.6 is 8.58 Å². The molecule has 3 aromatic rings. The Morgan fingerprint density at radius 2 is 2.06 bits per heavy atom. The molecule has 158 valence electrons. The van der Waals surface area contributed by atoms with Crippen LogP contribution in [0.25, 0.3) is 22.6 Å². The average molecular weight is 432 g/mol. The molecule has 1 fully saturated rings. The topological polar surface area (TPSA) is 77.2 Å². The number of amides is 1. The first kappa shape index (κ1) is 20.1. The lowest BCUT2D eigenvalue weighted by molar-refractivity contribution is -0.112. The molecule has 1 saturated heterocycles. The zero-order chi connectivity index (χ0) is 21.2. The van der Waals surface area contributed by atoms with Crippen LogP contribution < -0.4 is 5.32 Å². The lowest BCUT2D eigenvalue weighted by Gasteiger charge is -2.37. The van der Waals surface area contributed by atoms with E-state index in [0.29, 0.717) is 20.2 Å². The van der Waals surface area contributed by atoms with Crippen molar-refractivity contribution >= 4 is 31.2 Å². The fourth-order valence-electron chi connectivity index (χ4n) is 3.86. The first-order chi connectivity index (χ1) is 15.2. The van der Waals surface area contributed by atoms with E-state index < -0.39 is 0 Å². The molecule has 0 spiro atoms. The molecule has 0 bridgehead atoms. The molecule has 4 heterocycles. The van der Waals surface area contributed by atoms with Crippen LogP contribution in [0.15, 0.2) is 66.1 Å². The number of fused-ring (bicyclic) bond motifs is 1. The van der Waals surface area contributed by atoms with Crippen molar-refractivity contribution in [1.82, 2.24) is 24.8 Å². The Balaban J connectivity index is 1.25. The molecule has 2 aliphatic rings. The summed E-state index contributed by atoms with van der Waals surface area (Å²) in [6, 6.07) is 11.4. The summed E-state index contributed by atoms with van der Waals surface area (Å²) in [4.78, 5) is 29.9. The van der Waals surface area contributed by atoms with E-state index in [1.807, 2.05) is 42.5 Å². The van der Waals surface area contributed by atoms with Crippen LogP contribution in [0, 0.1) is 0 Å². The van der Waals surface area contributed by atoms with Crippen LogP contribution in [0.2, 0.25) is 0 Å². The summed E-state index contributed by atoms with van der Waals surface area (Å²) < 4.78 is 0. The van der Waals surface area contributed by atoms with Crippen molar-refractivity contribution in [2.45, 2.75) is 5.78 Å². The van der Waals surface area contributed by atoms with E-state index >= 15 is 0 Å². The van der Waals surface area contributed by atoms with Gasteiger partial charge in [-0.15, -0.1) is 0 Å². The molecule has 0 aliphatic carbocycles. The minimum atomic E-state index is -0.0793. The molecule has 8 heteroatoms. The fourth-order valence-corrected chi connectivity index (χ4v) is 5.11. The normalized spacial score (nSPS) is 20.8. The third kappa shape index (κ3) is 4.44. The van der Waals surface area contributed by atoms with Crippen molar-refractivity contribution in [2.75, 3.05) is 38.5 Å². The second-order valence-corrected chi connectivity index (χ2v) is 9.11. The van der Waals surface area contributed by atoms with Crippen molar-refractivity contribution in [3.63, 3.8) is 0 Å². The maximum atomic E-state index is 12.8. The van der Waals surface area contributed by atoms with E-state index in [-0.39, 0.29) is 5.91 Å². The number of nitrogens with zero attached hydrogens (tertiary/aromatic N) is 4. The molecule has 5 rings (SSSR count). The summed E-state index contributed by atoms with van der Waals surface area (Å²) in [7, 11) is 2.76. The van der Waals surface area contributed by atoms with Gasteiger partial charge in [-0.05, 0) is 43.2 Å². The molecule has 0 radical (unpaired) electrons. The first-order valence-corrected chi connectivity index (χ1v) is 11.6. The Kier molecular flexibility index (Phi) is 5.64. The zero-order valence-electron chi connectivity index (χ0n) is 17.4. The first-order valence-electron chi connectivity index (χ1n) is 10.5. The second kappa shape index (κ2) is 8.71. The Hall–Kier alpha value is -2.86. The molecule has 2 aromatic heterocycles. The number of H-pyrrole nitrogens is 1. The molecule has 0 saturated carbocycles. The Morgan fingerprint density at radius 3 is 2.81 bits per heavy atom. The summed E-state index contributed by atoms with van der Waals surface area (Å²) in [5.74, 6) is 3.13. The van der Waals surface area contributed by atoms with Crippen LogP contribution in [0.1, 0.15) is 0 Å².